The zero-order valence-electron chi connectivity index (χ0n) is 14.5. The standard InChI is InChI=1S/C20H19BrFN3O2/c21-13-4-3-12-8-19(25-18(12)9-13)20(26)24-14-5-6-17(16(22)10-14)23-11-15-2-1-7-27-15/h3-6,8-10,15,23,25H,1-2,7,11H2,(H,24,26). The second-order valence-corrected chi connectivity index (χ2v) is 7.49. The number of nitrogens with one attached hydrogen (secondary N) is 3. The highest BCUT2D eigenvalue weighted by Gasteiger charge is 2.16. The largest absolute Gasteiger partial charge is 0.380 e. The maximum absolute atomic E-state index is 14.3. The third kappa shape index (κ3) is 4.14. The lowest BCUT2D eigenvalue weighted by Crippen LogP contribution is -2.19. The summed E-state index contributed by atoms with van der Waals surface area (Å²) in [4.78, 5) is 15.5. The summed E-state index contributed by atoms with van der Waals surface area (Å²) in [6, 6.07) is 12.1. The van der Waals surface area contributed by atoms with Gasteiger partial charge in [-0.25, -0.2) is 4.39 Å². The highest BCUT2D eigenvalue weighted by molar-refractivity contribution is 9.10. The van der Waals surface area contributed by atoms with Crippen LogP contribution in [0.3, 0.4) is 0 Å². The van der Waals surface area contributed by atoms with Crippen molar-refractivity contribution in [3.05, 3.63) is 58.4 Å². The Kier molecular flexibility index (Phi) is 5.13. The zero-order valence-corrected chi connectivity index (χ0v) is 16.1. The second kappa shape index (κ2) is 7.70. The molecule has 3 N–H and O–H groups in total. The molecule has 1 unspecified atom stereocenters. The van der Waals surface area contributed by atoms with Crippen molar-refractivity contribution >= 4 is 44.1 Å². The van der Waals surface area contributed by atoms with Crippen LogP contribution in [0.2, 0.25) is 0 Å². The molecule has 0 bridgehead atoms. The molecule has 1 aromatic heterocycles. The first-order chi connectivity index (χ1) is 13.1. The quantitative estimate of drug-likeness (QED) is 0.537. The monoisotopic (exact) mass is 431 g/mol. The van der Waals surface area contributed by atoms with Crippen molar-refractivity contribution in [3.63, 3.8) is 0 Å². The molecule has 1 aliphatic heterocycles. The molecule has 1 aliphatic rings. The van der Waals surface area contributed by atoms with E-state index in [9.17, 15) is 9.18 Å². The maximum atomic E-state index is 14.3. The molecule has 7 heteroatoms. The predicted octanol–water partition coefficient (Wildman–Crippen LogP) is 4.91. The van der Waals surface area contributed by atoms with Crippen LogP contribution in [0.4, 0.5) is 15.8 Å². The van der Waals surface area contributed by atoms with E-state index in [-0.39, 0.29) is 12.0 Å². The number of H-pyrrole nitrogens is 1. The van der Waals surface area contributed by atoms with Crippen LogP contribution >= 0.6 is 15.9 Å². The summed E-state index contributed by atoms with van der Waals surface area (Å²) in [6.07, 6.45) is 2.17. The van der Waals surface area contributed by atoms with E-state index in [0.29, 0.717) is 23.6 Å². The van der Waals surface area contributed by atoms with Gasteiger partial charge >= 0.3 is 0 Å². The van der Waals surface area contributed by atoms with Crippen LogP contribution in [0.5, 0.6) is 0 Å². The number of ether oxygens (including phenoxy) is 1. The van der Waals surface area contributed by atoms with Crippen molar-refractivity contribution in [2.45, 2.75) is 18.9 Å². The van der Waals surface area contributed by atoms with E-state index < -0.39 is 5.82 Å². The SMILES string of the molecule is O=C(Nc1ccc(NCC2CCCO2)c(F)c1)c1cc2ccc(Br)cc2[nH]1. The first kappa shape index (κ1) is 18.0. The van der Waals surface area contributed by atoms with E-state index in [1.807, 2.05) is 18.2 Å². The summed E-state index contributed by atoms with van der Waals surface area (Å²) in [7, 11) is 0. The van der Waals surface area contributed by atoms with E-state index >= 15 is 0 Å². The average Bonchev–Trinajstić information content (AvgIpc) is 3.30. The van der Waals surface area contributed by atoms with E-state index in [0.717, 1.165) is 34.8 Å². The summed E-state index contributed by atoms with van der Waals surface area (Å²) < 4.78 is 20.8. The van der Waals surface area contributed by atoms with Gasteiger partial charge in [-0.15, -0.1) is 0 Å². The fraction of sp³-hybridized carbons (Fsp3) is 0.250. The number of carbonyl (C=O) groups excluding carboxylic acids is 1. The Morgan fingerprint density at radius 1 is 1.26 bits per heavy atom. The van der Waals surface area contributed by atoms with Crippen LogP contribution in [-0.2, 0) is 4.74 Å². The fourth-order valence-corrected chi connectivity index (χ4v) is 3.55. The first-order valence-corrected chi connectivity index (χ1v) is 9.62. The van der Waals surface area contributed by atoms with Crippen LogP contribution in [0.1, 0.15) is 23.3 Å². The molecule has 4 rings (SSSR count). The number of aromatic nitrogens is 1. The number of rotatable bonds is 5. The molecule has 0 radical (unpaired) electrons. The number of aromatic amines is 1. The van der Waals surface area contributed by atoms with Crippen LogP contribution in [-0.4, -0.2) is 30.1 Å². The molecule has 1 amide bonds. The Morgan fingerprint density at radius 3 is 2.93 bits per heavy atom. The summed E-state index contributed by atoms with van der Waals surface area (Å²) >= 11 is 3.41. The highest BCUT2D eigenvalue weighted by Crippen LogP contribution is 2.23. The summed E-state index contributed by atoms with van der Waals surface area (Å²) in [5.74, 6) is -0.729. The van der Waals surface area contributed by atoms with Gasteiger partial charge in [-0.1, -0.05) is 22.0 Å². The van der Waals surface area contributed by atoms with Gasteiger partial charge in [0.2, 0.25) is 0 Å². The average molecular weight is 432 g/mol. The minimum Gasteiger partial charge on any atom is -0.380 e. The van der Waals surface area contributed by atoms with Gasteiger partial charge in [0.15, 0.2) is 0 Å². The smallest absolute Gasteiger partial charge is 0.272 e. The van der Waals surface area contributed by atoms with Crippen molar-refractivity contribution in [1.29, 1.82) is 0 Å². The molecule has 5 nitrogen and oxygen atoms in total. The Balaban J connectivity index is 1.43. The van der Waals surface area contributed by atoms with Gasteiger partial charge in [-0.05, 0) is 49.2 Å². The summed E-state index contributed by atoms with van der Waals surface area (Å²) in [5.41, 5.74) is 2.08. The number of anilines is 2. The molecular formula is C20H19BrFN3O2. The molecule has 3 aromatic rings. The number of halogens is 2. The molecule has 2 heterocycles. The number of fused-ring (bicyclic) bond motifs is 1. The third-order valence-electron chi connectivity index (χ3n) is 4.60. The van der Waals surface area contributed by atoms with Crippen molar-refractivity contribution < 1.29 is 13.9 Å². The molecule has 1 saturated heterocycles. The lowest BCUT2D eigenvalue weighted by Gasteiger charge is -2.13. The molecule has 0 saturated carbocycles. The maximum Gasteiger partial charge on any atom is 0.272 e. The van der Waals surface area contributed by atoms with Crippen LogP contribution in [0.15, 0.2) is 46.9 Å². The fourth-order valence-electron chi connectivity index (χ4n) is 3.19. The topological polar surface area (TPSA) is 66.2 Å². The van der Waals surface area contributed by atoms with Crippen molar-refractivity contribution in [2.75, 3.05) is 23.8 Å². The lowest BCUT2D eigenvalue weighted by atomic mass is 10.2. The Bertz CT molecular complexity index is 983. The molecule has 1 atom stereocenters. The van der Waals surface area contributed by atoms with Gasteiger partial charge in [0.05, 0.1) is 11.8 Å². The van der Waals surface area contributed by atoms with Gasteiger partial charge in [0, 0.05) is 34.2 Å². The van der Waals surface area contributed by atoms with E-state index in [1.54, 1.807) is 18.2 Å². The lowest BCUT2D eigenvalue weighted by molar-refractivity contribution is 0.102. The Labute approximate surface area is 164 Å². The van der Waals surface area contributed by atoms with Gasteiger partial charge in [-0.3, -0.25) is 4.79 Å². The van der Waals surface area contributed by atoms with Gasteiger partial charge in [0.1, 0.15) is 11.5 Å². The molecule has 27 heavy (non-hydrogen) atoms. The third-order valence-corrected chi connectivity index (χ3v) is 5.09. The molecule has 0 spiro atoms. The molecule has 140 valence electrons. The Morgan fingerprint density at radius 2 is 2.15 bits per heavy atom. The minimum absolute atomic E-state index is 0.130. The Hall–Kier alpha value is -2.38. The van der Waals surface area contributed by atoms with Crippen molar-refractivity contribution in [1.82, 2.24) is 4.98 Å². The first-order valence-electron chi connectivity index (χ1n) is 8.83. The van der Waals surface area contributed by atoms with E-state index in [2.05, 4.69) is 31.5 Å². The number of hydrogen-bond donors (Lipinski definition) is 3. The van der Waals surface area contributed by atoms with Crippen LogP contribution in [0.25, 0.3) is 10.9 Å². The zero-order chi connectivity index (χ0) is 18.8. The highest BCUT2D eigenvalue weighted by atomic mass is 79.9. The van der Waals surface area contributed by atoms with Gasteiger partial charge in [-0.2, -0.15) is 0 Å². The van der Waals surface area contributed by atoms with E-state index in [4.69, 9.17) is 4.74 Å². The van der Waals surface area contributed by atoms with Crippen molar-refractivity contribution in [2.24, 2.45) is 0 Å². The van der Waals surface area contributed by atoms with Crippen LogP contribution in [0, 0.1) is 5.82 Å². The molecule has 0 aliphatic carbocycles. The molecular weight excluding hydrogens is 413 g/mol. The molecule has 1 fully saturated rings. The van der Waals surface area contributed by atoms with Crippen molar-refractivity contribution in [3.8, 4) is 0 Å². The minimum atomic E-state index is -0.411. The molecule has 2 aromatic carbocycles. The summed E-state index contributed by atoms with van der Waals surface area (Å²) in [5, 5.41) is 6.72. The number of carbonyl (C=O) groups is 1. The predicted molar refractivity (Wildman–Crippen MR) is 108 cm³/mol. The summed E-state index contributed by atoms with van der Waals surface area (Å²) in [6.45, 7) is 1.34. The van der Waals surface area contributed by atoms with Gasteiger partial charge in [0.25, 0.3) is 5.91 Å². The number of benzene rings is 2. The van der Waals surface area contributed by atoms with Gasteiger partial charge < -0.3 is 20.4 Å². The number of hydrogen-bond acceptors (Lipinski definition) is 3. The van der Waals surface area contributed by atoms with Crippen LogP contribution < -0.4 is 10.6 Å². The van der Waals surface area contributed by atoms with E-state index in [1.165, 1.54) is 6.07 Å². The number of amides is 1. The second-order valence-electron chi connectivity index (χ2n) is 6.58. The normalized spacial score (nSPS) is 16.6.